The Morgan fingerprint density at radius 3 is 2.92 bits per heavy atom. The molecule has 7 heteroatoms. The number of benzene rings is 1. The van der Waals surface area contributed by atoms with Crippen LogP contribution in [0, 0.1) is 5.92 Å². The van der Waals surface area contributed by atoms with E-state index in [9.17, 15) is 9.59 Å². The van der Waals surface area contributed by atoms with Crippen molar-refractivity contribution >= 4 is 29.1 Å². The number of nitrogens with one attached hydrogen (secondary N) is 1. The lowest BCUT2D eigenvalue weighted by Gasteiger charge is -2.24. The van der Waals surface area contributed by atoms with Crippen LogP contribution in [0.25, 0.3) is 0 Å². The number of hydrogen-bond donors (Lipinski definition) is 1. The molecular formula is C19H18ClN3O3. The smallest absolute Gasteiger partial charge is 0.262 e. The van der Waals surface area contributed by atoms with Crippen molar-refractivity contribution in [1.29, 1.82) is 0 Å². The third kappa shape index (κ3) is 3.65. The van der Waals surface area contributed by atoms with E-state index in [4.69, 9.17) is 16.3 Å². The van der Waals surface area contributed by atoms with Crippen molar-refractivity contribution in [3.63, 3.8) is 0 Å². The summed E-state index contributed by atoms with van der Waals surface area (Å²) in [6.07, 6.45) is 3.77. The first-order valence-corrected chi connectivity index (χ1v) is 8.93. The molecule has 26 heavy (non-hydrogen) atoms. The molecule has 134 valence electrons. The van der Waals surface area contributed by atoms with Gasteiger partial charge in [-0.2, -0.15) is 0 Å². The van der Waals surface area contributed by atoms with E-state index >= 15 is 0 Å². The number of hydrogen-bond acceptors (Lipinski definition) is 4. The van der Waals surface area contributed by atoms with Crippen LogP contribution in [0.5, 0.6) is 5.88 Å². The second kappa shape index (κ2) is 6.96. The highest BCUT2D eigenvalue weighted by Crippen LogP contribution is 2.32. The van der Waals surface area contributed by atoms with Crippen LogP contribution in [0.3, 0.4) is 0 Å². The number of amides is 2. The molecular weight excluding hydrogens is 354 g/mol. The van der Waals surface area contributed by atoms with E-state index in [0.717, 1.165) is 18.4 Å². The largest absolute Gasteiger partial charge is 0.466 e. The van der Waals surface area contributed by atoms with Crippen LogP contribution in [0.1, 0.15) is 28.8 Å². The fraction of sp³-hybridized carbons (Fsp3) is 0.316. The number of pyridine rings is 1. The van der Waals surface area contributed by atoms with Crippen molar-refractivity contribution in [3.8, 4) is 5.88 Å². The van der Waals surface area contributed by atoms with Crippen LogP contribution < -0.4 is 10.1 Å². The molecule has 4 rings (SSSR count). The van der Waals surface area contributed by atoms with Gasteiger partial charge in [0, 0.05) is 24.3 Å². The Bertz CT molecular complexity index is 867. The van der Waals surface area contributed by atoms with Gasteiger partial charge in [-0.05, 0) is 36.5 Å². The van der Waals surface area contributed by atoms with Gasteiger partial charge >= 0.3 is 0 Å². The van der Waals surface area contributed by atoms with E-state index in [2.05, 4.69) is 10.3 Å². The minimum absolute atomic E-state index is 0.0619. The lowest BCUT2D eigenvalue weighted by Crippen LogP contribution is -2.33. The molecule has 0 unspecified atom stereocenters. The Kier molecular flexibility index (Phi) is 4.51. The maximum absolute atomic E-state index is 13.1. The Labute approximate surface area is 156 Å². The number of carbonyl (C=O) groups is 2. The molecule has 1 saturated carbocycles. The quantitative estimate of drug-likeness (QED) is 0.876. The molecule has 1 aliphatic heterocycles. The zero-order valence-electron chi connectivity index (χ0n) is 14.1. The van der Waals surface area contributed by atoms with Gasteiger partial charge in [0.1, 0.15) is 5.69 Å². The molecule has 1 fully saturated rings. The standard InChI is InChI=1S/C19H18ClN3O3/c20-15-4-2-1-3-13(15)10-23(9-12-5-6-12)19(25)14-7-16-18(21-8-14)26-11-17(24)22-16/h1-4,7-8,12H,5-6,9-11H2,(H,22,24). The first-order valence-electron chi connectivity index (χ1n) is 8.55. The summed E-state index contributed by atoms with van der Waals surface area (Å²) >= 11 is 6.27. The molecule has 1 aromatic heterocycles. The van der Waals surface area contributed by atoms with Crippen molar-refractivity contribution in [1.82, 2.24) is 9.88 Å². The second-order valence-electron chi connectivity index (χ2n) is 6.63. The van der Waals surface area contributed by atoms with Crippen molar-refractivity contribution in [2.24, 2.45) is 5.92 Å². The molecule has 0 bridgehead atoms. The number of carbonyl (C=O) groups excluding carboxylic acids is 2. The van der Waals surface area contributed by atoms with Gasteiger partial charge < -0.3 is 15.0 Å². The predicted molar refractivity (Wildman–Crippen MR) is 97.3 cm³/mol. The van der Waals surface area contributed by atoms with Gasteiger partial charge in [0.25, 0.3) is 11.8 Å². The monoisotopic (exact) mass is 371 g/mol. The van der Waals surface area contributed by atoms with Gasteiger partial charge in [-0.15, -0.1) is 0 Å². The van der Waals surface area contributed by atoms with Gasteiger partial charge in [0.15, 0.2) is 6.61 Å². The molecule has 0 atom stereocenters. The molecule has 1 aliphatic carbocycles. The predicted octanol–water partition coefficient (Wildman–Crippen LogP) is 3.12. The number of rotatable bonds is 5. The molecule has 1 N–H and O–H groups in total. The van der Waals surface area contributed by atoms with Crippen LogP contribution in [0.15, 0.2) is 36.5 Å². The van der Waals surface area contributed by atoms with Crippen molar-refractivity contribution < 1.29 is 14.3 Å². The Balaban J connectivity index is 1.59. The maximum atomic E-state index is 13.1. The highest BCUT2D eigenvalue weighted by molar-refractivity contribution is 6.31. The number of anilines is 1. The summed E-state index contributed by atoms with van der Waals surface area (Å²) < 4.78 is 5.25. The highest BCUT2D eigenvalue weighted by atomic mass is 35.5. The first kappa shape index (κ1) is 16.8. The minimum Gasteiger partial charge on any atom is -0.466 e. The van der Waals surface area contributed by atoms with E-state index in [1.807, 2.05) is 24.3 Å². The van der Waals surface area contributed by atoms with Crippen LogP contribution in [0.2, 0.25) is 5.02 Å². The van der Waals surface area contributed by atoms with E-state index in [-0.39, 0.29) is 18.4 Å². The number of halogens is 1. The van der Waals surface area contributed by atoms with E-state index < -0.39 is 0 Å². The van der Waals surface area contributed by atoms with Gasteiger partial charge in [-0.3, -0.25) is 9.59 Å². The number of nitrogens with zero attached hydrogens (tertiary/aromatic N) is 2. The fourth-order valence-electron chi connectivity index (χ4n) is 2.94. The average molecular weight is 372 g/mol. The van der Waals surface area contributed by atoms with E-state index in [1.165, 1.54) is 6.20 Å². The van der Waals surface area contributed by atoms with Gasteiger partial charge in [-0.25, -0.2) is 4.98 Å². The Morgan fingerprint density at radius 1 is 1.35 bits per heavy atom. The Hall–Kier alpha value is -2.60. The molecule has 2 aromatic rings. The summed E-state index contributed by atoms with van der Waals surface area (Å²) in [4.78, 5) is 30.5. The number of fused-ring (bicyclic) bond motifs is 1. The van der Waals surface area contributed by atoms with Crippen LogP contribution in [0.4, 0.5) is 5.69 Å². The minimum atomic E-state index is -0.255. The molecule has 6 nitrogen and oxygen atoms in total. The maximum Gasteiger partial charge on any atom is 0.262 e. The zero-order valence-corrected chi connectivity index (χ0v) is 14.8. The van der Waals surface area contributed by atoms with E-state index in [1.54, 1.807) is 11.0 Å². The van der Waals surface area contributed by atoms with Crippen LogP contribution in [-0.2, 0) is 11.3 Å². The zero-order chi connectivity index (χ0) is 18.1. The molecule has 1 aromatic carbocycles. The third-order valence-corrected chi connectivity index (χ3v) is 4.86. The molecule has 0 spiro atoms. The Morgan fingerprint density at radius 2 is 2.15 bits per heavy atom. The summed E-state index contributed by atoms with van der Waals surface area (Å²) in [6, 6.07) is 9.15. The normalized spacial score (nSPS) is 15.7. The van der Waals surface area contributed by atoms with Crippen LogP contribution >= 0.6 is 11.6 Å². The van der Waals surface area contributed by atoms with Crippen molar-refractivity contribution in [3.05, 3.63) is 52.7 Å². The lowest BCUT2D eigenvalue weighted by molar-refractivity contribution is -0.118. The summed E-state index contributed by atoms with van der Waals surface area (Å²) in [6.45, 7) is 1.06. The average Bonchev–Trinajstić information content (AvgIpc) is 3.46. The third-order valence-electron chi connectivity index (χ3n) is 4.49. The molecule has 0 saturated heterocycles. The number of ether oxygens (including phenoxy) is 1. The number of aromatic nitrogens is 1. The van der Waals surface area contributed by atoms with Crippen LogP contribution in [-0.4, -0.2) is 34.8 Å². The lowest BCUT2D eigenvalue weighted by atomic mass is 10.1. The molecule has 2 aliphatic rings. The SMILES string of the molecule is O=C1COc2ncc(C(=O)N(Cc3ccccc3Cl)CC3CC3)cc2N1. The fourth-order valence-corrected chi connectivity index (χ4v) is 3.14. The van der Waals surface area contributed by atoms with Gasteiger partial charge in [0.05, 0.1) is 5.56 Å². The summed E-state index contributed by atoms with van der Waals surface area (Å²) in [5.74, 6) is 0.484. The van der Waals surface area contributed by atoms with E-state index in [0.29, 0.717) is 41.2 Å². The van der Waals surface area contributed by atoms with Gasteiger partial charge in [-0.1, -0.05) is 29.8 Å². The highest BCUT2D eigenvalue weighted by Gasteiger charge is 2.29. The molecule has 2 heterocycles. The second-order valence-corrected chi connectivity index (χ2v) is 7.04. The topological polar surface area (TPSA) is 71.5 Å². The summed E-state index contributed by atoms with van der Waals surface area (Å²) in [5.41, 5.74) is 1.75. The summed E-state index contributed by atoms with van der Waals surface area (Å²) in [7, 11) is 0. The van der Waals surface area contributed by atoms with Crippen molar-refractivity contribution in [2.75, 3.05) is 18.5 Å². The summed E-state index contributed by atoms with van der Waals surface area (Å²) in [5, 5.41) is 3.33. The van der Waals surface area contributed by atoms with Crippen molar-refractivity contribution in [2.45, 2.75) is 19.4 Å². The molecule has 2 amide bonds. The molecule has 0 radical (unpaired) electrons. The first-order chi connectivity index (χ1) is 12.6. The van der Waals surface area contributed by atoms with Gasteiger partial charge in [0.2, 0.25) is 5.88 Å².